The van der Waals surface area contributed by atoms with Crippen molar-refractivity contribution in [3.8, 4) is 6.07 Å². The maximum absolute atomic E-state index is 11.6. The van der Waals surface area contributed by atoms with Crippen LogP contribution in [0.25, 0.3) is 0 Å². The lowest BCUT2D eigenvalue weighted by molar-refractivity contribution is 0.757. The minimum atomic E-state index is -0.170. The van der Waals surface area contributed by atoms with Gasteiger partial charge in [0.05, 0.1) is 18.2 Å². The first kappa shape index (κ1) is 10.1. The van der Waals surface area contributed by atoms with Crippen LogP contribution in [-0.2, 0) is 6.54 Å². The standard InChI is InChI=1S/C12H9N3O/c13-8-11-3-6-15(12(16)7-11)9-10-1-4-14-5-2-10/h1-7H,9H2. The molecule has 0 radical (unpaired) electrons. The zero-order valence-corrected chi connectivity index (χ0v) is 8.50. The van der Waals surface area contributed by atoms with E-state index < -0.39 is 0 Å². The van der Waals surface area contributed by atoms with Crippen LogP contribution in [0.2, 0.25) is 0 Å². The molecule has 0 bridgehead atoms. The Morgan fingerprint density at radius 2 is 2.06 bits per heavy atom. The van der Waals surface area contributed by atoms with Crippen LogP contribution in [0.5, 0.6) is 0 Å². The van der Waals surface area contributed by atoms with E-state index in [0.29, 0.717) is 12.1 Å². The molecule has 2 aromatic heterocycles. The molecule has 0 atom stereocenters. The van der Waals surface area contributed by atoms with Gasteiger partial charge in [0.1, 0.15) is 0 Å². The third kappa shape index (κ3) is 2.15. The first-order chi connectivity index (χ1) is 7.79. The third-order valence-electron chi connectivity index (χ3n) is 2.23. The number of nitriles is 1. The maximum atomic E-state index is 11.6. The van der Waals surface area contributed by atoms with Gasteiger partial charge in [0.25, 0.3) is 5.56 Å². The fourth-order valence-corrected chi connectivity index (χ4v) is 1.39. The highest BCUT2D eigenvalue weighted by molar-refractivity contribution is 5.26. The van der Waals surface area contributed by atoms with Crippen LogP contribution in [0, 0.1) is 11.3 Å². The van der Waals surface area contributed by atoms with E-state index in [1.54, 1.807) is 29.2 Å². The second kappa shape index (κ2) is 4.41. The highest BCUT2D eigenvalue weighted by Crippen LogP contribution is 1.99. The fraction of sp³-hybridized carbons (Fsp3) is 0.0833. The molecule has 0 unspecified atom stereocenters. The molecule has 0 aliphatic rings. The second-order valence-corrected chi connectivity index (χ2v) is 3.35. The third-order valence-corrected chi connectivity index (χ3v) is 2.23. The summed E-state index contributed by atoms with van der Waals surface area (Å²) < 4.78 is 1.55. The van der Waals surface area contributed by atoms with Gasteiger partial charge in [0.15, 0.2) is 0 Å². The highest BCUT2D eigenvalue weighted by atomic mass is 16.1. The molecular formula is C12H9N3O. The Bertz CT molecular complexity index is 581. The van der Waals surface area contributed by atoms with Gasteiger partial charge in [-0.3, -0.25) is 9.78 Å². The van der Waals surface area contributed by atoms with Gasteiger partial charge in [-0.2, -0.15) is 5.26 Å². The van der Waals surface area contributed by atoms with Gasteiger partial charge >= 0.3 is 0 Å². The molecule has 0 spiro atoms. The zero-order valence-electron chi connectivity index (χ0n) is 8.50. The van der Waals surface area contributed by atoms with Crippen molar-refractivity contribution in [2.75, 3.05) is 0 Å². The van der Waals surface area contributed by atoms with Gasteiger partial charge in [-0.05, 0) is 23.8 Å². The molecule has 4 heteroatoms. The lowest BCUT2D eigenvalue weighted by Crippen LogP contribution is -2.19. The van der Waals surface area contributed by atoms with Gasteiger partial charge in [-0.25, -0.2) is 0 Å². The lowest BCUT2D eigenvalue weighted by atomic mass is 10.2. The molecule has 0 N–H and O–H groups in total. The summed E-state index contributed by atoms with van der Waals surface area (Å²) in [5, 5.41) is 8.64. The summed E-state index contributed by atoms with van der Waals surface area (Å²) in [6.07, 6.45) is 5.00. The van der Waals surface area contributed by atoms with Crippen LogP contribution in [0.1, 0.15) is 11.1 Å². The van der Waals surface area contributed by atoms with Crippen molar-refractivity contribution in [1.82, 2.24) is 9.55 Å². The van der Waals surface area contributed by atoms with Crippen LogP contribution < -0.4 is 5.56 Å². The van der Waals surface area contributed by atoms with E-state index in [1.807, 2.05) is 18.2 Å². The van der Waals surface area contributed by atoms with Crippen LogP contribution in [0.4, 0.5) is 0 Å². The normalized spacial score (nSPS) is 9.69. The van der Waals surface area contributed by atoms with Crippen molar-refractivity contribution in [3.05, 3.63) is 64.3 Å². The molecule has 0 fully saturated rings. The Kier molecular flexibility index (Phi) is 2.79. The van der Waals surface area contributed by atoms with Crippen LogP contribution in [-0.4, -0.2) is 9.55 Å². The average Bonchev–Trinajstić information content (AvgIpc) is 2.33. The topological polar surface area (TPSA) is 58.7 Å². The summed E-state index contributed by atoms with van der Waals surface area (Å²) in [7, 11) is 0. The second-order valence-electron chi connectivity index (χ2n) is 3.35. The van der Waals surface area contributed by atoms with Gasteiger partial charge in [0, 0.05) is 24.7 Å². The van der Waals surface area contributed by atoms with Crippen LogP contribution >= 0.6 is 0 Å². The number of hydrogen-bond donors (Lipinski definition) is 0. The van der Waals surface area contributed by atoms with Crippen molar-refractivity contribution in [3.63, 3.8) is 0 Å². The summed E-state index contributed by atoms with van der Waals surface area (Å²) in [5.41, 5.74) is 1.22. The number of rotatable bonds is 2. The number of aromatic nitrogens is 2. The summed E-state index contributed by atoms with van der Waals surface area (Å²) >= 11 is 0. The van der Waals surface area contributed by atoms with E-state index >= 15 is 0 Å². The lowest BCUT2D eigenvalue weighted by Gasteiger charge is -2.04. The van der Waals surface area contributed by atoms with Gasteiger partial charge in [-0.15, -0.1) is 0 Å². The van der Waals surface area contributed by atoms with Gasteiger partial charge in [-0.1, -0.05) is 0 Å². The Labute approximate surface area is 92.4 Å². The van der Waals surface area contributed by atoms with Crippen molar-refractivity contribution < 1.29 is 0 Å². The number of pyridine rings is 2. The molecule has 0 amide bonds. The molecule has 2 rings (SSSR count). The number of nitrogens with zero attached hydrogens (tertiary/aromatic N) is 3. The Morgan fingerprint density at radius 1 is 1.31 bits per heavy atom. The summed E-state index contributed by atoms with van der Waals surface area (Å²) in [6, 6.07) is 8.60. The highest BCUT2D eigenvalue weighted by Gasteiger charge is 1.98. The van der Waals surface area contributed by atoms with E-state index in [1.165, 1.54) is 6.07 Å². The fourth-order valence-electron chi connectivity index (χ4n) is 1.39. The molecule has 0 aliphatic heterocycles. The SMILES string of the molecule is N#Cc1ccn(Cc2ccncc2)c(=O)c1. The van der Waals surface area contributed by atoms with Gasteiger partial charge in [0.2, 0.25) is 0 Å². The molecule has 2 aromatic rings. The molecule has 2 heterocycles. The van der Waals surface area contributed by atoms with E-state index in [9.17, 15) is 4.79 Å². The largest absolute Gasteiger partial charge is 0.311 e. The van der Waals surface area contributed by atoms with E-state index in [-0.39, 0.29) is 5.56 Å². The predicted molar refractivity (Wildman–Crippen MR) is 58.8 cm³/mol. The Balaban J connectivity index is 2.30. The zero-order chi connectivity index (χ0) is 11.4. The van der Waals surface area contributed by atoms with E-state index in [4.69, 9.17) is 5.26 Å². The molecule has 0 aromatic carbocycles. The number of hydrogen-bond acceptors (Lipinski definition) is 3. The molecule has 4 nitrogen and oxygen atoms in total. The summed E-state index contributed by atoms with van der Waals surface area (Å²) in [4.78, 5) is 15.5. The van der Waals surface area contributed by atoms with E-state index in [0.717, 1.165) is 5.56 Å². The summed E-state index contributed by atoms with van der Waals surface area (Å²) in [5.74, 6) is 0. The minimum Gasteiger partial charge on any atom is -0.311 e. The van der Waals surface area contributed by atoms with Crippen LogP contribution in [0.15, 0.2) is 47.7 Å². The van der Waals surface area contributed by atoms with Crippen molar-refractivity contribution in [1.29, 1.82) is 5.26 Å². The first-order valence-electron chi connectivity index (χ1n) is 4.79. The average molecular weight is 211 g/mol. The summed E-state index contributed by atoms with van der Waals surface area (Å²) in [6.45, 7) is 0.493. The Hall–Kier alpha value is -2.41. The quantitative estimate of drug-likeness (QED) is 0.749. The molecule has 78 valence electrons. The first-order valence-corrected chi connectivity index (χ1v) is 4.79. The Morgan fingerprint density at radius 3 is 2.69 bits per heavy atom. The molecule has 16 heavy (non-hydrogen) atoms. The predicted octanol–water partition coefficient (Wildman–Crippen LogP) is 1.16. The maximum Gasteiger partial charge on any atom is 0.252 e. The van der Waals surface area contributed by atoms with Crippen molar-refractivity contribution >= 4 is 0 Å². The molecule has 0 aliphatic carbocycles. The molecular weight excluding hydrogens is 202 g/mol. The van der Waals surface area contributed by atoms with Gasteiger partial charge < -0.3 is 4.57 Å². The molecule has 0 saturated carbocycles. The van der Waals surface area contributed by atoms with Crippen LogP contribution in [0.3, 0.4) is 0 Å². The molecule has 0 saturated heterocycles. The van der Waals surface area contributed by atoms with Crippen molar-refractivity contribution in [2.24, 2.45) is 0 Å². The smallest absolute Gasteiger partial charge is 0.252 e. The van der Waals surface area contributed by atoms with E-state index in [2.05, 4.69) is 4.98 Å². The monoisotopic (exact) mass is 211 g/mol. The van der Waals surface area contributed by atoms with Crippen molar-refractivity contribution in [2.45, 2.75) is 6.54 Å². The minimum absolute atomic E-state index is 0.170.